The van der Waals surface area contributed by atoms with E-state index in [4.69, 9.17) is 4.74 Å². The van der Waals surface area contributed by atoms with Crippen molar-refractivity contribution in [3.8, 4) is 0 Å². The van der Waals surface area contributed by atoms with Crippen molar-refractivity contribution in [3.05, 3.63) is 28.5 Å². The molecule has 0 aliphatic carbocycles. The summed E-state index contributed by atoms with van der Waals surface area (Å²) < 4.78 is 5.23. The molecule has 132 valence electrons. The number of carbonyl (C=O) groups is 2. The normalized spacial score (nSPS) is 16.4. The molecule has 0 radical (unpaired) electrons. The lowest BCUT2D eigenvalue weighted by molar-refractivity contribution is -0.127. The first-order chi connectivity index (χ1) is 11.3. The Hall–Kier alpha value is -1.82. The quantitative estimate of drug-likeness (QED) is 0.845. The number of ether oxygens (including phenoxy) is 1. The maximum absolute atomic E-state index is 12.2. The molecule has 5 nitrogen and oxygen atoms in total. The van der Waals surface area contributed by atoms with Crippen LogP contribution in [0.15, 0.2) is 22.9 Å². The van der Waals surface area contributed by atoms with Gasteiger partial charge in [0.15, 0.2) is 0 Å². The number of hydrogen-bond acceptors (Lipinski definition) is 4. The zero-order chi connectivity index (χ0) is 17.6. The second-order valence-electron chi connectivity index (χ2n) is 7.04. The van der Waals surface area contributed by atoms with E-state index in [1.807, 2.05) is 48.6 Å². The van der Waals surface area contributed by atoms with Gasteiger partial charge in [0.2, 0.25) is 5.91 Å². The Bertz CT molecular complexity index is 568. The summed E-state index contributed by atoms with van der Waals surface area (Å²) in [5.41, 5.74) is 0.582. The average molecular weight is 350 g/mol. The number of amides is 2. The second kappa shape index (κ2) is 8.33. The molecule has 1 saturated heterocycles. The number of rotatable bonds is 4. The molecule has 0 bridgehead atoms. The van der Waals surface area contributed by atoms with E-state index in [0.717, 1.165) is 31.5 Å². The molecule has 1 N–H and O–H groups in total. The molecule has 24 heavy (non-hydrogen) atoms. The number of hydrogen-bond donors (Lipinski definition) is 1. The minimum atomic E-state index is -0.478. The number of thiophene rings is 1. The molecule has 0 aromatic carbocycles. The van der Waals surface area contributed by atoms with Gasteiger partial charge in [0.25, 0.3) is 0 Å². The lowest BCUT2D eigenvalue weighted by Crippen LogP contribution is -2.41. The number of likely N-dealkylation sites (tertiary alicyclic amines) is 1. The van der Waals surface area contributed by atoms with Crippen LogP contribution < -0.4 is 5.32 Å². The van der Waals surface area contributed by atoms with Crippen LogP contribution in [-0.4, -0.2) is 42.1 Å². The van der Waals surface area contributed by atoms with Gasteiger partial charge in [-0.25, -0.2) is 4.79 Å². The van der Waals surface area contributed by atoms with Crippen LogP contribution in [0, 0.1) is 5.92 Å². The highest BCUT2D eigenvalue weighted by Crippen LogP contribution is 2.17. The number of carbonyl (C=O) groups excluding carboxylic acids is 2. The summed E-state index contributed by atoms with van der Waals surface area (Å²) in [6, 6.07) is 1.99. The smallest absolute Gasteiger partial charge is 0.407 e. The number of alkyl carbamates (subject to hydrolysis) is 1. The summed E-state index contributed by atoms with van der Waals surface area (Å²) in [6.07, 6.45) is 4.91. The van der Waals surface area contributed by atoms with Gasteiger partial charge in [0.05, 0.1) is 0 Å². The fourth-order valence-corrected chi connectivity index (χ4v) is 3.17. The predicted octanol–water partition coefficient (Wildman–Crippen LogP) is 3.52. The van der Waals surface area contributed by atoms with Gasteiger partial charge in [0.1, 0.15) is 5.60 Å². The predicted molar refractivity (Wildman–Crippen MR) is 96.9 cm³/mol. The molecular formula is C18H26N2O3S. The largest absolute Gasteiger partial charge is 0.444 e. The number of nitrogens with zero attached hydrogens (tertiary/aromatic N) is 1. The summed E-state index contributed by atoms with van der Waals surface area (Å²) in [5.74, 6) is 0.446. The monoisotopic (exact) mass is 350 g/mol. The minimum absolute atomic E-state index is 0.0553. The summed E-state index contributed by atoms with van der Waals surface area (Å²) in [4.78, 5) is 25.7. The van der Waals surface area contributed by atoms with Crippen LogP contribution in [0.2, 0.25) is 0 Å². The highest BCUT2D eigenvalue weighted by Gasteiger charge is 2.23. The van der Waals surface area contributed by atoms with Crippen molar-refractivity contribution in [3.63, 3.8) is 0 Å². The third-order valence-electron chi connectivity index (χ3n) is 3.82. The van der Waals surface area contributed by atoms with Crippen LogP contribution in [0.5, 0.6) is 0 Å². The van der Waals surface area contributed by atoms with Gasteiger partial charge in [-0.15, -0.1) is 0 Å². The van der Waals surface area contributed by atoms with Crippen LogP contribution >= 0.6 is 11.3 Å². The highest BCUT2D eigenvalue weighted by molar-refractivity contribution is 7.08. The average Bonchev–Trinajstić information content (AvgIpc) is 3.03. The van der Waals surface area contributed by atoms with Crippen molar-refractivity contribution in [2.45, 2.75) is 39.2 Å². The van der Waals surface area contributed by atoms with Crippen molar-refractivity contribution >= 4 is 29.4 Å². The Kier molecular flexibility index (Phi) is 6.43. The third kappa shape index (κ3) is 6.35. The number of piperidine rings is 1. The fraction of sp³-hybridized carbons (Fsp3) is 0.556. The Labute approximate surface area is 147 Å². The van der Waals surface area contributed by atoms with Gasteiger partial charge in [-0.1, -0.05) is 0 Å². The highest BCUT2D eigenvalue weighted by atomic mass is 32.1. The molecule has 1 fully saturated rings. The molecule has 1 aliphatic heterocycles. The first kappa shape index (κ1) is 18.5. The van der Waals surface area contributed by atoms with Crippen molar-refractivity contribution < 1.29 is 14.3 Å². The maximum atomic E-state index is 12.2. The minimum Gasteiger partial charge on any atom is -0.444 e. The summed E-state index contributed by atoms with van der Waals surface area (Å²) in [7, 11) is 0. The Morgan fingerprint density at radius 3 is 2.67 bits per heavy atom. The van der Waals surface area contributed by atoms with Gasteiger partial charge < -0.3 is 15.0 Å². The van der Waals surface area contributed by atoms with Crippen LogP contribution in [0.3, 0.4) is 0 Å². The molecular weight excluding hydrogens is 324 g/mol. The Morgan fingerprint density at radius 1 is 1.38 bits per heavy atom. The van der Waals surface area contributed by atoms with Crippen molar-refractivity contribution in [2.75, 3.05) is 19.6 Å². The summed E-state index contributed by atoms with van der Waals surface area (Å²) >= 11 is 1.62. The van der Waals surface area contributed by atoms with Crippen LogP contribution in [-0.2, 0) is 9.53 Å². The fourth-order valence-electron chi connectivity index (χ4n) is 2.54. The van der Waals surface area contributed by atoms with Crippen molar-refractivity contribution in [1.29, 1.82) is 0 Å². The first-order valence-electron chi connectivity index (χ1n) is 8.29. The summed E-state index contributed by atoms with van der Waals surface area (Å²) in [5, 5.41) is 6.82. The molecule has 1 aromatic heterocycles. The SMILES string of the molecule is CC(C)(C)OC(=O)NCC1CCN(C(=O)C=Cc2ccsc2)CC1. The van der Waals surface area contributed by atoms with Gasteiger partial charge >= 0.3 is 6.09 Å². The van der Waals surface area contributed by atoms with E-state index >= 15 is 0 Å². The molecule has 0 spiro atoms. The van der Waals surface area contributed by atoms with E-state index in [1.165, 1.54) is 0 Å². The van der Waals surface area contributed by atoms with Gasteiger partial charge in [0, 0.05) is 25.7 Å². The number of nitrogens with one attached hydrogen (secondary N) is 1. The first-order valence-corrected chi connectivity index (χ1v) is 9.24. The molecule has 2 rings (SSSR count). The van der Waals surface area contributed by atoms with Crippen molar-refractivity contribution in [2.24, 2.45) is 5.92 Å². The zero-order valence-corrected chi connectivity index (χ0v) is 15.4. The molecule has 0 unspecified atom stereocenters. The molecule has 2 heterocycles. The maximum Gasteiger partial charge on any atom is 0.407 e. The van der Waals surface area contributed by atoms with Crippen molar-refractivity contribution in [1.82, 2.24) is 10.2 Å². The summed E-state index contributed by atoms with van der Waals surface area (Å²) in [6.45, 7) is 7.60. The van der Waals surface area contributed by atoms with Gasteiger partial charge in [-0.05, 0) is 68.0 Å². The molecule has 1 aliphatic rings. The van der Waals surface area contributed by atoms with E-state index in [-0.39, 0.29) is 12.0 Å². The van der Waals surface area contributed by atoms with E-state index < -0.39 is 5.60 Å². The molecule has 0 saturated carbocycles. The van der Waals surface area contributed by atoms with Crippen LogP contribution in [0.25, 0.3) is 6.08 Å². The Balaban J connectivity index is 1.69. The lowest BCUT2D eigenvalue weighted by atomic mass is 9.97. The van der Waals surface area contributed by atoms with Crippen LogP contribution in [0.4, 0.5) is 4.79 Å². The van der Waals surface area contributed by atoms with E-state index in [2.05, 4.69) is 5.32 Å². The molecule has 2 amide bonds. The van der Waals surface area contributed by atoms with Gasteiger partial charge in [-0.3, -0.25) is 4.79 Å². The Morgan fingerprint density at radius 2 is 2.08 bits per heavy atom. The third-order valence-corrected chi connectivity index (χ3v) is 4.52. The molecule has 0 atom stereocenters. The second-order valence-corrected chi connectivity index (χ2v) is 7.82. The van der Waals surface area contributed by atoms with Crippen LogP contribution in [0.1, 0.15) is 39.2 Å². The molecule has 6 heteroatoms. The van der Waals surface area contributed by atoms with E-state index in [0.29, 0.717) is 12.5 Å². The topological polar surface area (TPSA) is 58.6 Å². The van der Waals surface area contributed by atoms with E-state index in [1.54, 1.807) is 17.4 Å². The molecule has 1 aromatic rings. The zero-order valence-electron chi connectivity index (χ0n) is 14.6. The van der Waals surface area contributed by atoms with E-state index in [9.17, 15) is 9.59 Å². The van der Waals surface area contributed by atoms with Gasteiger partial charge in [-0.2, -0.15) is 11.3 Å². The standard InChI is InChI=1S/C18H26N2O3S/c1-18(2,3)23-17(22)19-12-14-6-9-20(10-7-14)16(21)5-4-15-8-11-24-13-15/h4-5,8,11,13-14H,6-7,9-10,12H2,1-3H3,(H,19,22). The lowest BCUT2D eigenvalue weighted by Gasteiger charge is -2.31.